The summed E-state index contributed by atoms with van der Waals surface area (Å²) in [6.07, 6.45) is 1.89. The van der Waals surface area contributed by atoms with E-state index in [0.717, 1.165) is 49.1 Å². The maximum absolute atomic E-state index is 11.5. The SMILES string of the molecule is CCCc1cc(=O)[nH]c(N2CCSCC2)n1. The van der Waals surface area contributed by atoms with Crippen LogP contribution in [0.2, 0.25) is 0 Å². The van der Waals surface area contributed by atoms with Gasteiger partial charge in [0, 0.05) is 36.4 Å². The second-order valence-electron chi connectivity index (χ2n) is 3.91. The van der Waals surface area contributed by atoms with E-state index in [-0.39, 0.29) is 5.56 Å². The smallest absolute Gasteiger partial charge is 0.252 e. The Kier molecular flexibility index (Phi) is 3.88. The molecule has 5 heteroatoms. The summed E-state index contributed by atoms with van der Waals surface area (Å²) in [5.41, 5.74) is 0.867. The third-order valence-corrected chi connectivity index (χ3v) is 3.54. The maximum Gasteiger partial charge on any atom is 0.252 e. The van der Waals surface area contributed by atoms with E-state index in [1.165, 1.54) is 0 Å². The van der Waals surface area contributed by atoms with Gasteiger partial charge in [-0.3, -0.25) is 9.78 Å². The van der Waals surface area contributed by atoms with Gasteiger partial charge in [0.15, 0.2) is 0 Å². The van der Waals surface area contributed by atoms with Crippen molar-refractivity contribution in [2.75, 3.05) is 29.5 Å². The van der Waals surface area contributed by atoms with Crippen molar-refractivity contribution in [3.63, 3.8) is 0 Å². The average Bonchev–Trinajstić information content (AvgIpc) is 2.30. The van der Waals surface area contributed by atoms with E-state index in [1.807, 2.05) is 11.8 Å². The number of hydrogen-bond acceptors (Lipinski definition) is 4. The lowest BCUT2D eigenvalue weighted by molar-refractivity contribution is 0.788. The summed E-state index contributed by atoms with van der Waals surface area (Å²) in [4.78, 5) is 21.0. The third kappa shape index (κ3) is 2.78. The van der Waals surface area contributed by atoms with Crippen LogP contribution < -0.4 is 10.5 Å². The Morgan fingerprint density at radius 1 is 1.50 bits per heavy atom. The number of nitrogens with zero attached hydrogens (tertiary/aromatic N) is 2. The highest BCUT2D eigenvalue weighted by molar-refractivity contribution is 7.99. The summed E-state index contributed by atoms with van der Waals surface area (Å²) in [5, 5.41) is 0. The molecule has 1 fully saturated rings. The molecular formula is C11H17N3OS. The highest BCUT2D eigenvalue weighted by atomic mass is 32.2. The lowest BCUT2D eigenvalue weighted by Gasteiger charge is -2.26. The van der Waals surface area contributed by atoms with Gasteiger partial charge < -0.3 is 4.90 Å². The van der Waals surface area contributed by atoms with Crippen LogP contribution in [0.3, 0.4) is 0 Å². The van der Waals surface area contributed by atoms with E-state index in [9.17, 15) is 4.79 Å². The summed E-state index contributed by atoms with van der Waals surface area (Å²) >= 11 is 1.95. The monoisotopic (exact) mass is 239 g/mol. The fourth-order valence-corrected chi connectivity index (χ4v) is 2.71. The molecule has 2 rings (SSSR count). The Hall–Kier alpha value is -0.970. The minimum atomic E-state index is -0.0355. The number of anilines is 1. The normalized spacial score (nSPS) is 16.4. The number of aromatic nitrogens is 2. The van der Waals surface area contributed by atoms with Crippen molar-refractivity contribution in [3.05, 3.63) is 22.1 Å². The fourth-order valence-electron chi connectivity index (χ4n) is 1.80. The quantitative estimate of drug-likeness (QED) is 0.863. The van der Waals surface area contributed by atoms with Crippen LogP contribution in [0.1, 0.15) is 19.0 Å². The molecule has 0 spiro atoms. The van der Waals surface area contributed by atoms with E-state index in [2.05, 4.69) is 21.8 Å². The van der Waals surface area contributed by atoms with Crippen molar-refractivity contribution in [3.8, 4) is 0 Å². The van der Waals surface area contributed by atoms with Gasteiger partial charge in [-0.15, -0.1) is 0 Å². The molecule has 1 saturated heterocycles. The number of thioether (sulfide) groups is 1. The second kappa shape index (κ2) is 5.39. The first-order chi connectivity index (χ1) is 7.79. The zero-order valence-electron chi connectivity index (χ0n) is 9.53. The number of nitrogens with one attached hydrogen (secondary N) is 1. The van der Waals surface area contributed by atoms with E-state index < -0.39 is 0 Å². The predicted molar refractivity (Wildman–Crippen MR) is 68.4 cm³/mol. The van der Waals surface area contributed by atoms with Crippen LogP contribution in [-0.2, 0) is 6.42 Å². The van der Waals surface area contributed by atoms with E-state index >= 15 is 0 Å². The van der Waals surface area contributed by atoms with Crippen LogP contribution in [0.4, 0.5) is 5.95 Å². The van der Waals surface area contributed by atoms with Gasteiger partial charge in [0.05, 0.1) is 0 Å². The Morgan fingerprint density at radius 3 is 2.94 bits per heavy atom. The summed E-state index contributed by atoms with van der Waals surface area (Å²) in [5.74, 6) is 2.97. The fraction of sp³-hybridized carbons (Fsp3) is 0.636. The van der Waals surface area contributed by atoms with Gasteiger partial charge in [-0.2, -0.15) is 11.8 Å². The summed E-state index contributed by atoms with van der Waals surface area (Å²) in [6.45, 7) is 4.05. The molecule has 0 saturated carbocycles. The Morgan fingerprint density at radius 2 is 2.25 bits per heavy atom. The molecule has 1 aromatic heterocycles. The number of rotatable bonds is 3. The zero-order chi connectivity index (χ0) is 11.4. The van der Waals surface area contributed by atoms with Gasteiger partial charge >= 0.3 is 0 Å². The predicted octanol–water partition coefficient (Wildman–Crippen LogP) is 1.28. The van der Waals surface area contributed by atoms with Crippen LogP contribution in [0.15, 0.2) is 10.9 Å². The summed E-state index contributed by atoms with van der Waals surface area (Å²) in [6, 6.07) is 1.60. The van der Waals surface area contributed by atoms with E-state index in [0.29, 0.717) is 0 Å². The number of hydrogen-bond donors (Lipinski definition) is 1. The third-order valence-electron chi connectivity index (χ3n) is 2.60. The number of aromatic amines is 1. The van der Waals surface area contributed by atoms with Gasteiger partial charge in [0.1, 0.15) is 0 Å². The molecule has 0 bridgehead atoms. The Balaban J connectivity index is 2.21. The minimum absolute atomic E-state index is 0.0355. The molecule has 0 unspecified atom stereocenters. The number of aryl methyl sites for hydroxylation is 1. The van der Waals surface area contributed by atoms with E-state index in [4.69, 9.17) is 0 Å². The molecule has 1 aliphatic heterocycles. The Bertz CT molecular complexity index is 398. The van der Waals surface area contributed by atoms with Crippen molar-refractivity contribution in [2.45, 2.75) is 19.8 Å². The summed E-state index contributed by atoms with van der Waals surface area (Å²) < 4.78 is 0. The van der Waals surface area contributed by atoms with Crippen molar-refractivity contribution in [1.82, 2.24) is 9.97 Å². The summed E-state index contributed by atoms with van der Waals surface area (Å²) in [7, 11) is 0. The number of H-pyrrole nitrogens is 1. The van der Waals surface area contributed by atoms with Crippen molar-refractivity contribution in [1.29, 1.82) is 0 Å². The first-order valence-electron chi connectivity index (χ1n) is 5.72. The highest BCUT2D eigenvalue weighted by Gasteiger charge is 2.13. The van der Waals surface area contributed by atoms with Crippen LogP contribution in [0.5, 0.6) is 0 Å². The molecule has 1 N–H and O–H groups in total. The van der Waals surface area contributed by atoms with Gasteiger partial charge in [-0.1, -0.05) is 13.3 Å². The largest absolute Gasteiger partial charge is 0.341 e. The molecule has 0 aliphatic carbocycles. The van der Waals surface area contributed by atoms with Gasteiger partial charge in [0.25, 0.3) is 5.56 Å². The van der Waals surface area contributed by atoms with Crippen LogP contribution in [0, 0.1) is 0 Å². The van der Waals surface area contributed by atoms with Crippen molar-refractivity contribution < 1.29 is 0 Å². The van der Waals surface area contributed by atoms with Gasteiger partial charge in [-0.05, 0) is 6.42 Å². The lowest BCUT2D eigenvalue weighted by Crippen LogP contribution is -2.35. The molecule has 16 heavy (non-hydrogen) atoms. The molecule has 0 aromatic carbocycles. The molecule has 88 valence electrons. The van der Waals surface area contributed by atoms with E-state index in [1.54, 1.807) is 6.07 Å². The first kappa shape index (κ1) is 11.5. The molecule has 1 aromatic rings. The first-order valence-corrected chi connectivity index (χ1v) is 6.88. The molecule has 0 radical (unpaired) electrons. The molecular weight excluding hydrogens is 222 g/mol. The molecule has 2 heterocycles. The van der Waals surface area contributed by atoms with Crippen molar-refractivity contribution in [2.24, 2.45) is 0 Å². The molecule has 0 amide bonds. The van der Waals surface area contributed by atoms with Crippen LogP contribution in [0.25, 0.3) is 0 Å². The van der Waals surface area contributed by atoms with Crippen molar-refractivity contribution >= 4 is 17.7 Å². The average molecular weight is 239 g/mol. The molecule has 4 nitrogen and oxygen atoms in total. The lowest BCUT2D eigenvalue weighted by atomic mass is 10.2. The zero-order valence-corrected chi connectivity index (χ0v) is 10.3. The highest BCUT2D eigenvalue weighted by Crippen LogP contribution is 2.14. The maximum atomic E-state index is 11.5. The van der Waals surface area contributed by atoms with Gasteiger partial charge in [-0.25, -0.2) is 4.98 Å². The van der Waals surface area contributed by atoms with Crippen LogP contribution >= 0.6 is 11.8 Å². The molecule has 1 aliphatic rings. The second-order valence-corrected chi connectivity index (χ2v) is 5.13. The molecule has 0 atom stereocenters. The minimum Gasteiger partial charge on any atom is -0.341 e. The standard InChI is InChI=1S/C11H17N3OS/c1-2-3-9-8-10(15)13-11(12-9)14-4-6-16-7-5-14/h8H,2-7H2,1H3,(H,12,13,15). The van der Waals surface area contributed by atoms with Crippen LogP contribution in [-0.4, -0.2) is 34.6 Å². The topological polar surface area (TPSA) is 49.0 Å². The van der Waals surface area contributed by atoms with Gasteiger partial charge in [0.2, 0.25) is 5.95 Å². The Labute approximate surface area is 99.5 Å².